The molecule has 19 heavy (non-hydrogen) atoms. The number of hydrogen-bond donors (Lipinski definition) is 1. The Kier molecular flexibility index (Phi) is 3.80. The maximum Gasteiger partial charge on any atom is 0.121 e. The third-order valence-corrected chi connectivity index (χ3v) is 3.06. The highest BCUT2D eigenvalue weighted by Gasteiger charge is 2.08. The van der Waals surface area contributed by atoms with Crippen LogP contribution in [0.25, 0.3) is 0 Å². The number of hydrogen-bond acceptors (Lipinski definition) is 4. The number of methoxy groups -OCH3 is 2. The maximum atomic E-state index is 6.04. The van der Waals surface area contributed by atoms with Crippen LogP contribution in [-0.4, -0.2) is 21.3 Å². The first kappa shape index (κ1) is 13.1. The van der Waals surface area contributed by atoms with Gasteiger partial charge in [-0.15, -0.1) is 0 Å². The van der Waals surface area contributed by atoms with Gasteiger partial charge in [0.25, 0.3) is 0 Å². The highest BCUT2D eigenvalue weighted by atomic mass is 16.5. The summed E-state index contributed by atoms with van der Waals surface area (Å²) in [5.74, 6) is 1.59. The monoisotopic (exact) mass is 258 g/mol. The lowest BCUT2D eigenvalue weighted by Crippen LogP contribution is -2.11. The Balaban J connectivity index is 2.29. The molecule has 0 amide bonds. The van der Waals surface area contributed by atoms with Crippen LogP contribution in [0.15, 0.2) is 42.5 Å². The van der Waals surface area contributed by atoms with E-state index in [0.717, 1.165) is 22.9 Å². The molecular formula is C15H18N2O2. The van der Waals surface area contributed by atoms with E-state index < -0.39 is 0 Å². The molecule has 0 aliphatic heterocycles. The molecular weight excluding hydrogens is 240 g/mol. The van der Waals surface area contributed by atoms with E-state index >= 15 is 0 Å². The van der Waals surface area contributed by atoms with Crippen LogP contribution in [0.3, 0.4) is 0 Å². The van der Waals surface area contributed by atoms with Crippen molar-refractivity contribution < 1.29 is 9.47 Å². The van der Waals surface area contributed by atoms with Crippen LogP contribution in [0, 0.1) is 0 Å². The van der Waals surface area contributed by atoms with Crippen molar-refractivity contribution in [1.82, 2.24) is 0 Å². The fraction of sp³-hybridized carbons (Fsp3) is 0.200. The maximum absolute atomic E-state index is 6.04. The van der Waals surface area contributed by atoms with Crippen LogP contribution < -0.4 is 20.1 Å². The lowest BCUT2D eigenvalue weighted by Gasteiger charge is -2.21. The molecule has 2 rings (SSSR count). The van der Waals surface area contributed by atoms with Crippen molar-refractivity contribution in [3.05, 3.63) is 42.5 Å². The van der Waals surface area contributed by atoms with Gasteiger partial charge >= 0.3 is 0 Å². The normalized spacial score (nSPS) is 10.1. The van der Waals surface area contributed by atoms with E-state index in [0.29, 0.717) is 5.69 Å². The number of benzene rings is 2. The summed E-state index contributed by atoms with van der Waals surface area (Å²) in [4.78, 5) is 2.02. The Bertz CT molecular complexity index is 553. The summed E-state index contributed by atoms with van der Waals surface area (Å²) in [5.41, 5.74) is 8.70. The van der Waals surface area contributed by atoms with E-state index in [2.05, 4.69) is 0 Å². The predicted molar refractivity (Wildman–Crippen MR) is 78.5 cm³/mol. The van der Waals surface area contributed by atoms with Gasteiger partial charge in [0.05, 0.1) is 25.6 Å². The third-order valence-electron chi connectivity index (χ3n) is 3.06. The highest BCUT2D eigenvalue weighted by Crippen LogP contribution is 2.32. The molecule has 0 radical (unpaired) electrons. The Morgan fingerprint density at radius 3 is 2.00 bits per heavy atom. The number of nitrogens with two attached hydrogens (primary N) is 1. The summed E-state index contributed by atoms with van der Waals surface area (Å²) >= 11 is 0. The predicted octanol–water partition coefficient (Wildman–Crippen LogP) is 3.05. The molecule has 2 aromatic rings. The largest absolute Gasteiger partial charge is 0.497 e. The summed E-state index contributed by atoms with van der Waals surface area (Å²) in [6.45, 7) is 0. The summed E-state index contributed by atoms with van der Waals surface area (Å²) in [7, 11) is 5.25. The fourth-order valence-corrected chi connectivity index (χ4v) is 1.91. The van der Waals surface area contributed by atoms with Crippen LogP contribution in [0.2, 0.25) is 0 Å². The summed E-state index contributed by atoms with van der Waals surface area (Å²) in [6.07, 6.45) is 0. The van der Waals surface area contributed by atoms with E-state index in [1.807, 2.05) is 54.4 Å². The molecule has 0 atom stereocenters. The molecule has 0 spiro atoms. The highest BCUT2D eigenvalue weighted by molar-refractivity contribution is 5.75. The molecule has 0 bridgehead atoms. The van der Waals surface area contributed by atoms with E-state index in [1.165, 1.54) is 0 Å². The Morgan fingerprint density at radius 2 is 1.47 bits per heavy atom. The molecule has 100 valence electrons. The summed E-state index contributed by atoms with van der Waals surface area (Å²) in [6, 6.07) is 13.5. The van der Waals surface area contributed by atoms with Gasteiger partial charge in [-0.2, -0.15) is 0 Å². The van der Waals surface area contributed by atoms with Crippen LogP contribution in [0.5, 0.6) is 11.5 Å². The van der Waals surface area contributed by atoms with Crippen molar-refractivity contribution in [1.29, 1.82) is 0 Å². The molecule has 0 saturated heterocycles. The Morgan fingerprint density at radius 1 is 0.895 bits per heavy atom. The van der Waals surface area contributed by atoms with Crippen LogP contribution in [0.1, 0.15) is 0 Å². The number of rotatable bonds is 4. The van der Waals surface area contributed by atoms with Crippen molar-refractivity contribution in [3.63, 3.8) is 0 Å². The van der Waals surface area contributed by atoms with E-state index in [1.54, 1.807) is 14.2 Å². The molecule has 0 aromatic heterocycles. The van der Waals surface area contributed by atoms with Crippen LogP contribution >= 0.6 is 0 Å². The summed E-state index contributed by atoms with van der Waals surface area (Å²) in [5, 5.41) is 0. The average molecular weight is 258 g/mol. The van der Waals surface area contributed by atoms with Gasteiger partial charge in [0.2, 0.25) is 0 Å². The average Bonchev–Trinajstić information content (AvgIpc) is 2.46. The smallest absolute Gasteiger partial charge is 0.121 e. The van der Waals surface area contributed by atoms with Crippen molar-refractivity contribution >= 4 is 17.1 Å². The van der Waals surface area contributed by atoms with Crippen molar-refractivity contribution in [2.24, 2.45) is 0 Å². The first-order valence-electron chi connectivity index (χ1n) is 5.97. The lowest BCUT2D eigenvalue weighted by atomic mass is 10.2. The molecule has 4 nitrogen and oxygen atoms in total. The molecule has 0 aliphatic rings. The SMILES string of the molecule is COc1ccc(N(C)c2ccc(OC)cc2N)cc1. The van der Waals surface area contributed by atoms with Gasteiger partial charge in [-0.1, -0.05) is 0 Å². The quantitative estimate of drug-likeness (QED) is 0.856. The van der Waals surface area contributed by atoms with E-state index in [-0.39, 0.29) is 0 Å². The first-order chi connectivity index (χ1) is 9.15. The first-order valence-corrected chi connectivity index (χ1v) is 5.97. The number of nitrogens with zero attached hydrogens (tertiary/aromatic N) is 1. The Labute approximate surface area is 113 Å². The van der Waals surface area contributed by atoms with Crippen molar-refractivity contribution in [2.75, 3.05) is 31.9 Å². The zero-order valence-electron chi connectivity index (χ0n) is 11.4. The van der Waals surface area contributed by atoms with Crippen LogP contribution in [-0.2, 0) is 0 Å². The number of nitrogen functional groups attached to an aromatic ring is 1. The molecule has 4 heteroatoms. The zero-order valence-corrected chi connectivity index (χ0v) is 11.4. The minimum atomic E-state index is 0.678. The molecule has 2 N–H and O–H groups in total. The standard InChI is InChI=1S/C15H18N2O2/c1-17(11-4-6-12(18-2)7-5-11)15-9-8-13(19-3)10-14(15)16/h4-10H,16H2,1-3H3. The van der Waals surface area contributed by atoms with Gasteiger partial charge in [0.15, 0.2) is 0 Å². The van der Waals surface area contributed by atoms with E-state index in [9.17, 15) is 0 Å². The van der Waals surface area contributed by atoms with Gasteiger partial charge in [-0.05, 0) is 36.4 Å². The summed E-state index contributed by atoms with van der Waals surface area (Å²) < 4.78 is 10.3. The number of ether oxygens (including phenoxy) is 2. The second-order valence-electron chi connectivity index (χ2n) is 4.18. The second-order valence-corrected chi connectivity index (χ2v) is 4.18. The lowest BCUT2D eigenvalue weighted by molar-refractivity contribution is 0.415. The van der Waals surface area contributed by atoms with Gasteiger partial charge in [-0.3, -0.25) is 0 Å². The van der Waals surface area contributed by atoms with Gasteiger partial charge < -0.3 is 20.1 Å². The zero-order chi connectivity index (χ0) is 13.8. The minimum absolute atomic E-state index is 0.678. The van der Waals surface area contributed by atoms with Gasteiger partial charge in [0, 0.05) is 18.8 Å². The molecule has 0 saturated carbocycles. The molecule has 0 heterocycles. The number of anilines is 3. The van der Waals surface area contributed by atoms with Crippen molar-refractivity contribution in [2.45, 2.75) is 0 Å². The minimum Gasteiger partial charge on any atom is -0.497 e. The second kappa shape index (κ2) is 5.52. The van der Waals surface area contributed by atoms with Gasteiger partial charge in [0.1, 0.15) is 11.5 Å². The third kappa shape index (κ3) is 2.73. The van der Waals surface area contributed by atoms with Crippen molar-refractivity contribution in [3.8, 4) is 11.5 Å². The molecule has 0 unspecified atom stereocenters. The van der Waals surface area contributed by atoms with E-state index in [4.69, 9.17) is 15.2 Å². The Hall–Kier alpha value is -2.36. The van der Waals surface area contributed by atoms with Crippen LogP contribution in [0.4, 0.5) is 17.1 Å². The molecule has 2 aromatic carbocycles. The molecule has 0 fully saturated rings. The molecule has 0 aliphatic carbocycles. The topological polar surface area (TPSA) is 47.7 Å². The fourth-order valence-electron chi connectivity index (χ4n) is 1.91. The van der Waals surface area contributed by atoms with Gasteiger partial charge in [-0.25, -0.2) is 0 Å².